The lowest BCUT2D eigenvalue weighted by Gasteiger charge is -2.40. The van der Waals surface area contributed by atoms with E-state index in [1.54, 1.807) is 4.90 Å². The molecule has 2 aliphatic rings. The molecule has 0 saturated carbocycles. The van der Waals surface area contributed by atoms with Gasteiger partial charge >= 0.3 is 5.97 Å². The van der Waals surface area contributed by atoms with Crippen LogP contribution in [0.1, 0.15) is 23.2 Å². The third-order valence-corrected chi connectivity index (χ3v) is 6.42. The van der Waals surface area contributed by atoms with Gasteiger partial charge in [0.25, 0.3) is 0 Å². The molecule has 5 rings (SSSR count). The van der Waals surface area contributed by atoms with Gasteiger partial charge in [-0.3, -0.25) is 14.2 Å². The van der Waals surface area contributed by atoms with Crippen molar-refractivity contribution in [2.45, 2.75) is 18.9 Å². The van der Waals surface area contributed by atoms with Crippen LogP contribution in [0.3, 0.4) is 0 Å². The molecule has 2 fully saturated rings. The molecule has 3 aromatic heterocycles. The number of carbonyl (C=O) groups excluding carboxylic acids is 1. The predicted molar refractivity (Wildman–Crippen MR) is 115 cm³/mol. The quantitative estimate of drug-likeness (QED) is 0.550. The van der Waals surface area contributed by atoms with Crippen molar-refractivity contribution in [2.75, 3.05) is 31.2 Å². The number of fused-ring (bicyclic) bond motifs is 1. The van der Waals surface area contributed by atoms with Crippen LogP contribution in [-0.2, 0) is 9.53 Å². The molecule has 0 spiro atoms. The summed E-state index contributed by atoms with van der Waals surface area (Å²) in [5.74, 6) is -2.66. The third kappa shape index (κ3) is 3.93. The Morgan fingerprint density at radius 3 is 2.82 bits per heavy atom. The lowest BCUT2D eigenvalue weighted by molar-refractivity contribution is -0.127. The molecular weight excluding hydrogens is 455 g/mol. The van der Waals surface area contributed by atoms with Crippen LogP contribution < -0.4 is 15.6 Å². The molecule has 3 aromatic rings. The van der Waals surface area contributed by atoms with E-state index in [2.05, 4.69) is 19.7 Å². The number of pyridine rings is 2. The van der Waals surface area contributed by atoms with E-state index in [0.717, 1.165) is 36.6 Å². The number of carboxylic acids is 1. The number of ether oxygens (including phenoxy) is 1. The topological polar surface area (TPSA) is 140 Å². The minimum Gasteiger partial charge on any atom is -0.477 e. The lowest BCUT2D eigenvalue weighted by atomic mass is 9.98. The fourth-order valence-corrected chi connectivity index (χ4v) is 4.51. The summed E-state index contributed by atoms with van der Waals surface area (Å²) in [6.07, 6.45) is 4.16. The minimum absolute atomic E-state index is 0.0133. The van der Waals surface area contributed by atoms with Crippen LogP contribution in [0.2, 0.25) is 0 Å². The van der Waals surface area contributed by atoms with Crippen molar-refractivity contribution in [1.29, 1.82) is 0 Å². The van der Waals surface area contributed by atoms with Crippen LogP contribution in [0.15, 0.2) is 23.4 Å². The van der Waals surface area contributed by atoms with Crippen molar-refractivity contribution in [1.82, 2.24) is 24.2 Å². The number of amides is 1. The molecule has 0 bridgehead atoms. The van der Waals surface area contributed by atoms with Crippen molar-refractivity contribution >= 4 is 40.3 Å². The number of rotatable bonds is 5. The standard InChI is InChI=1S/C20H19FN6O5S/c21-14-4-12-15(28)13(19(30)31)7-27(20-22-9-23-33-20)16(12)25-17(14)26-5-10(6-26)18(29)24-11-2-1-3-32-8-11/h4,7,9-11H,1-3,5-6,8H2,(H,24,29)(H,30,31). The maximum absolute atomic E-state index is 14.9. The van der Waals surface area contributed by atoms with E-state index in [0.29, 0.717) is 13.2 Å². The summed E-state index contributed by atoms with van der Waals surface area (Å²) in [6, 6.07) is 0.970. The number of nitrogens with zero attached hydrogens (tertiary/aromatic N) is 5. The Kier molecular flexibility index (Phi) is 5.50. The van der Waals surface area contributed by atoms with E-state index in [1.807, 2.05) is 0 Å². The highest BCUT2D eigenvalue weighted by molar-refractivity contribution is 7.08. The van der Waals surface area contributed by atoms with Gasteiger partial charge in [0.2, 0.25) is 16.5 Å². The van der Waals surface area contributed by atoms with Crippen LogP contribution in [0.5, 0.6) is 0 Å². The fraction of sp³-hybridized carbons (Fsp3) is 0.400. The zero-order chi connectivity index (χ0) is 23.1. The van der Waals surface area contributed by atoms with Crippen molar-refractivity contribution in [3.8, 4) is 5.13 Å². The number of aromatic carboxylic acids is 1. The summed E-state index contributed by atoms with van der Waals surface area (Å²) in [5.41, 5.74) is -1.31. The number of hydrogen-bond donors (Lipinski definition) is 2. The first-order chi connectivity index (χ1) is 15.9. The van der Waals surface area contributed by atoms with Gasteiger partial charge in [-0.15, -0.1) is 0 Å². The lowest BCUT2D eigenvalue weighted by Crippen LogP contribution is -2.56. The molecule has 2 aliphatic heterocycles. The van der Waals surface area contributed by atoms with Crippen molar-refractivity contribution < 1.29 is 23.8 Å². The van der Waals surface area contributed by atoms with Crippen LogP contribution in [0.4, 0.5) is 10.2 Å². The molecular formula is C20H19FN6O5S. The molecule has 0 aromatic carbocycles. The van der Waals surface area contributed by atoms with Crippen molar-refractivity contribution in [2.24, 2.45) is 5.92 Å². The summed E-state index contributed by atoms with van der Waals surface area (Å²) < 4.78 is 25.5. The first kappa shape index (κ1) is 21.4. The van der Waals surface area contributed by atoms with Gasteiger partial charge in [0.1, 0.15) is 11.9 Å². The molecule has 2 saturated heterocycles. The number of carbonyl (C=O) groups is 2. The van der Waals surface area contributed by atoms with E-state index in [1.165, 1.54) is 10.9 Å². The second-order valence-corrected chi connectivity index (χ2v) is 8.72. The average Bonchev–Trinajstić information content (AvgIpc) is 3.29. The first-order valence-corrected chi connectivity index (χ1v) is 11.1. The molecule has 5 heterocycles. The van der Waals surface area contributed by atoms with Crippen LogP contribution in [0, 0.1) is 11.7 Å². The van der Waals surface area contributed by atoms with E-state index in [-0.39, 0.29) is 52.9 Å². The highest BCUT2D eigenvalue weighted by Crippen LogP contribution is 2.29. The Bertz CT molecular complexity index is 1280. The summed E-state index contributed by atoms with van der Waals surface area (Å²) in [4.78, 5) is 46.7. The van der Waals surface area contributed by atoms with E-state index in [9.17, 15) is 23.9 Å². The molecule has 1 unspecified atom stereocenters. The van der Waals surface area contributed by atoms with Gasteiger partial charge in [0.15, 0.2) is 17.3 Å². The van der Waals surface area contributed by atoms with Crippen LogP contribution in [0.25, 0.3) is 16.2 Å². The molecule has 2 N–H and O–H groups in total. The van der Waals surface area contributed by atoms with Crippen molar-refractivity contribution in [3.63, 3.8) is 0 Å². The molecule has 172 valence electrons. The molecule has 13 heteroatoms. The molecule has 33 heavy (non-hydrogen) atoms. The van der Waals surface area contributed by atoms with Gasteiger partial charge in [0.05, 0.1) is 24.0 Å². The predicted octanol–water partition coefficient (Wildman–Crippen LogP) is 0.806. The van der Waals surface area contributed by atoms with E-state index >= 15 is 0 Å². The first-order valence-electron chi connectivity index (χ1n) is 10.3. The average molecular weight is 474 g/mol. The second kappa shape index (κ2) is 8.48. The minimum atomic E-state index is -1.44. The molecule has 1 amide bonds. The summed E-state index contributed by atoms with van der Waals surface area (Å²) in [6.45, 7) is 1.73. The van der Waals surface area contributed by atoms with Gasteiger partial charge in [-0.2, -0.15) is 4.37 Å². The monoisotopic (exact) mass is 474 g/mol. The number of carboxylic acid groups (broad SMARTS) is 1. The summed E-state index contributed by atoms with van der Waals surface area (Å²) in [5, 5.41) is 12.5. The maximum atomic E-state index is 14.9. The molecule has 1 atom stereocenters. The van der Waals surface area contributed by atoms with Crippen LogP contribution >= 0.6 is 11.5 Å². The number of hydrogen-bond acceptors (Lipinski definition) is 9. The Balaban J connectivity index is 1.44. The fourth-order valence-electron chi connectivity index (χ4n) is 4.00. The maximum Gasteiger partial charge on any atom is 0.341 e. The van der Waals surface area contributed by atoms with Gasteiger partial charge in [-0.05, 0) is 18.9 Å². The van der Waals surface area contributed by atoms with Gasteiger partial charge < -0.3 is 20.1 Å². The largest absolute Gasteiger partial charge is 0.477 e. The van der Waals surface area contributed by atoms with Gasteiger partial charge in [0, 0.05) is 37.4 Å². The van der Waals surface area contributed by atoms with Crippen LogP contribution in [-0.4, -0.2) is 68.2 Å². The summed E-state index contributed by atoms with van der Waals surface area (Å²) in [7, 11) is 0. The zero-order valence-corrected chi connectivity index (χ0v) is 18.0. The van der Waals surface area contributed by atoms with Crippen molar-refractivity contribution in [3.05, 3.63) is 40.2 Å². The number of aromatic nitrogens is 4. The van der Waals surface area contributed by atoms with Gasteiger partial charge in [-0.1, -0.05) is 0 Å². The van der Waals surface area contributed by atoms with E-state index in [4.69, 9.17) is 4.74 Å². The van der Waals surface area contributed by atoms with E-state index < -0.39 is 22.8 Å². The molecule has 11 nitrogen and oxygen atoms in total. The summed E-state index contributed by atoms with van der Waals surface area (Å²) >= 11 is 0.972. The Morgan fingerprint density at radius 2 is 2.15 bits per heavy atom. The number of anilines is 1. The normalized spacial score (nSPS) is 18.8. The smallest absolute Gasteiger partial charge is 0.341 e. The number of nitrogens with one attached hydrogen (secondary N) is 1. The third-order valence-electron chi connectivity index (χ3n) is 5.76. The molecule has 0 aliphatic carbocycles. The Labute approximate surface area is 190 Å². The number of halogens is 1. The SMILES string of the molecule is O=C(O)c1cn(-c2ncns2)c2nc(N3CC(C(=O)NC4CCCOC4)C3)c(F)cc2c1=O. The molecule has 0 radical (unpaired) electrons. The zero-order valence-electron chi connectivity index (χ0n) is 17.2. The highest BCUT2D eigenvalue weighted by atomic mass is 32.1. The van der Waals surface area contributed by atoms with Gasteiger partial charge in [-0.25, -0.2) is 19.2 Å². The highest BCUT2D eigenvalue weighted by Gasteiger charge is 2.36. The Hall–Kier alpha value is -3.45. The Morgan fingerprint density at radius 1 is 1.33 bits per heavy atom. The second-order valence-electron chi connectivity index (χ2n) is 7.96.